The molecule has 2 N–H and O–H groups in total. The Morgan fingerprint density at radius 2 is 1.92 bits per heavy atom. The molecular weight excluding hydrogens is 427 g/mol. The van der Waals surface area contributed by atoms with E-state index >= 15 is 0 Å². The van der Waals surface area contributed by atoms with Crippen molar-refractivity contribution in [2.45, 2.75) is 39.5 Å². The van der Waals surface area contributed by atoms with E-state index in [2.05, 4.69) is 52.0 Å². The highest BCUT2D eigenvalue weighted by Gasteiger charge is 2.16. The van der Waals surface area contributed by atoms with Crippen LogP contribution in [0, 0.1) is 13.8 Å². The zero-order chi connectivity index (χ0) is 17.4. The number of guanidine groups is 1. The van der Waals surface area contributed by atoms with E-state index in [9.17, 15) is 0 Å². The SMILES string of the molecule is CN=C(NCCCc1ccccc1)NCC(C)c1c(C)noc1C.I. The molecule has 0 saturated heterocycles. The minimum Gasteiger partial charge on any atom is -0.361 e. The molecule has 0 amide bonds. The monoisotopic (exact) mass is 456 g/mol. The van der Waals surface area contributed by atoms with Gasteiger partial charge in [0.15, 0.2) is 5.96 Å². The summed E-state index contributed by atoms with van der Waals surface area (Å²) in [6.07, 6.45) is 2.14. The molecule has 6 heteroatoms. The number of aliphatic imine (C=N–C) groups is 1. The van der Waals surface area contributed by atoms with Crippen LogP contribution >= 0.6 is 24.0 Å². The lowest BCUT2D eigenvalue weighted by atomic mass is 10.00. The fraction of sp³-hybridized carbons (Fsp3) is 0.474. The topological polar surface area (TPSA) is 62.5 Å². The normalized spacial score (nSPS) is 12.4. The van der Waals surface area contributed by atoms with Gasteiger partial charge in [0.25, 0.3) is 0 Å². The molecule has 1 heterocycles. The first-order chi connectivity index (χ1) is 11.6. The van der Waals surface area contributed by atoms with Gasteiger partial charge in [0.1, 0.15) is 5.76 Å². The van der Waals surface area contributed by atoms with E-state index in [1.807, 2.05) is 19.9 Å². The number of benzene rings is 1. The highest BCUT2D eigenvalue weighted by molar-refractivity contribution is 14.0. The van der Waals surface area contributed by atoms with Crippen molar-refractivity contribution >= 4 is 29.9 Å². The van der Waals surface area contributed by atoms with Gasteiger partial charge in [0, 0.05) is 31.6 Å². The predicted molar refractivity (Wildman–Crippen MR) is 114 cm³/mol. The van der Waals surface area contributed by atoms with Gasteiger partial charge in [0.2, 0.25) is 0 Å². The Hall–Kier alpha value is -1.57. The summed E-state index contributed by atoms with van der Waals surface area (Å²) in [4.78, 5) is 4.29. The number of hydrogen-bond acceptors (Lipinski definition) is 3. The molecule has 1 aromatic heterocycles. The molecular formula is C19H29IN4O. The lowest BCUT2D eigenvalue weighted by Gasteiger charge is -2.16. The van der Waals surface area contributed by atoms with Crippen LogP contribution in [0.3, 0.4) is 0 Å². The summed E-state index contributed by atoms with van der Waals surface area (Å²) in [5.41, 5.74) is 3.52. The van der Waals surface area contributed by atoms with Crippen LogP contribution in [-0.2, 0) is 6.42 Å². The molecule has 2 rings (SSSR count). The number of nitrogens with zero attached hydrogens (tertiary/aromatic N) is 2. The summed E-state index contributed by atoms with van der Waals surface area (Å²) in [5.74, 6) is 2.05. The van der Waals surface area contributed by atoms with Crippen LogP contribution in [0.5, 0.6) is 0 Å². The lowest BCUT2D eigenvalue weighted by molar-refractivity contribution is 0.391. The van der Waals surface area contributed by atoms with E-state index in [4.69, 9.17) is 4.52 Å². The highest BCUT2D eigenvalue weighted by Crippen LogP contribution is 2.22. The van der Waals surface area contributed by atoms with Crippen molar-refractivity contribution in [1.82, 2.24) is 15.8 Å². The molecule has 2 aromatic rings. The van der Waals surface area contributed by atoms with Crippen LogP contribution in [0.4, 0.5) is 0 Å². The number of aryl methyl sites for hydroxylation is 3. The van der Waals surface area contributed by atoms with Crippen LogP contribution in [0.25, 0.3) is 0 Å². The Bertz CT molecular complexity index is 635. The maximum Gasteiger partial charge on any atom is 0.190 e. The maximum atomic E-state index is 5.25. The van der Waals surface area contributed by atoms with E-state index in [1.165, 1.54) is 11.1 Å². The number of rotatable bonds is 7. The van der Waals surface area contributed by atoms with E-state index in [-0.39, 0.29) is 24.0 Å². The zero-order valence-electron chi connectivity index (χ0n) is 15.5. The Labute approximate surface area is 167 Å². The summed E-state index contributed by atoms with van der Waals surface area (Å²) < 4.78 is 5.25. The van der Waals surface area contributed by atoms with Crippen molar-refractivity contribution in [2.24, 2.45) is 4.99 Å². The Morgan fingerprint density at radius 3 is 2.52 bits per heavy atom. The summed E-state index contributed by atoms with van der Waals surface area (Å²) in [7, 11) is 1.80. The van der Waals surface area contributed by atoms with Gasteiger partial charge in [-0.2, -0.15) is 0 Å². The van der Waals surface area contributed by atoms with E-state index in [0.29, 0.717) is 5.92 Å². The third-order valence-corrected chi connectivity index (χ3v) is 4.16. The molecule has 0 bridgehead atoms. The van der Waals surface area contributed by atoms with Crippen molar-refractivity contribution < 1.29 is 4.52 Å². The maximum absolute atomic E-state index is 5.25. The third-order valence-electron chi connectivity index (χ3n) is 4.16. The average Bonchev–Trinajstić information content (AvgIpc) is 2.93. The van der Waals surface area contributed by atoms with Crippen molar-refractivity contribution in [3.8, 4) is 0 Å². The quantitative estimate of drug-likeness (QED) is 0.288. The molecule has 0 aliphatic carbocycles. The van der Waals surface area contributed by atoms with Gasteiger partial charge in [0.05, 0.1) is 5.69 Å². The van der Waals surface area contributed by atoms with Crippen LogP contribution in [0.1, 0.15) is 41.8 Å². The van der Waals surface area contributed by atoms with Gasteiger partial charge in [-0.05, 0) is 32.3 Å². The van der Waals surface area contributed by atoms with E-state index in [0.717, 1.165) is 43.3 Å². The Kier molecular flexibility index (Phi) is 9.55. The van der Waals surface area contributed by atoms with Crippen molar-refractivity contribution in [3.05, 3.63) is 52.9 Å². The van der Waals surface area contributed by atoms with Crippen LogP contribution in [0.2, 0.25) is 0 Å². The highest BCUT2D eigenvalue weighted by atomic mass is 127. The fourth-order valence-electron chi connectivity index (χ4n) is 2.91. The number of nitrogens with one attached hydrogen (secondary N) is 2. The molecule has 1 atom stereocenters. The molecule has 0 fully saturated rings. The summed E-state index contributed by atoms with van der Waals surface area (Å²) in [5, 5.41) is 10.8. The second kappa shape index (κ2) is 11.1. The van der Waals surface area contributed by atoms with Crippen LogP contribution in [0.15, 0.2) is 39.8 Å². The summed E-state index contributed by atoms with van der Waals surface area (Å²) in [6, 6.07) is 10.5. The number of hydrogen-bond donors (Lipinski definition) is 2. The minimum absolute atomic E-state index is 0. The van der Waals surface area contributed by atoms with E-state index in [1.54, 1.807) is 7.05 Å². The van der Waals surface area contributed by atoms with E-state index < -0.39 is 0 Å². The Balaban J connectivity index is 0.00000312. The van der Waals surface area contributed by atoms with Gasteiger partial charge in [-0.15, -0.1) is 24.0 Å². The van der Waals surface area contributed by atoms with Gasteiger partial charge >= 0.3 is 0 Å². The van der Waals surface area contributed by atoms with Gasteiger partial charge in [-0.1, -0.05) is 42.4 Å². The fourth-order valence-corrected chi connectivity index (χ4v) is 2.91. The standard InChI is InChI=1S/C19H28N4O.HI/c1-14(18-15(2)23-24-16(18)3)13-22-19(20-4)21-12-8-11-17-9-6-5-7-10-17;/h5-7,9-10,14H,8,11-13H2,1-4H3,(H2,20,21,22);1H. The molecule has 0 aliphatic rings. The van der Waals surface area contributed by atoms with Crippen molar-refractivity contribution in [2.75, 3.05) is 20.1 Å². The molecule has 138 valence electrons. The second-order valence-electron chi connectivity index (χ2n) is 6.11. The van der Waals surface area contributed by atoms with Crippen LogP contribution < -0.4 is 10.6 Å². The summed E-state index contributed by atoms with van der Waals surface area (Å²) >= 11 is 0. The molecule has 1 unspecified atom stereocenters. The average molecular weight is 456 g/mol. The predicted octanol–water partition coefficient (Wildman–Crippen LogP) is 3.81. The molecule has 5 nitrogen and oxygen atoms in total. The molecule has 0 aliphatic heterocycles. The first-order valence-corrected chi connectivity index (χ1v) is 8.53. The largest absolute Gasteiger partial charge is 0.361 e. The molecule has 25 heavy (non-hydrogen) atoms. The smallest absolute Gasteiger partial charge is 0.190 e. The van der Waals surface area contributed by atoms with Crippen molar-refractivity contribution in [1.29, 1.82) is 0 Å². The van der Waals surface area contributed by atoms with Crippen LogP contribution in [-0.4, -0.2) is 31.3 Å². The minimum atomic E-state index is 0. The Morgan fingerprint density at radius 1 is 1.20 bits per heavy atom. The lowest BCUT2D eigenvalue weighted by Crippen LogP contribution is -2.39. The number of aromatic nitrogens is 1. The first kappa shape index (κ1) is 21.5. The van der Waals surface area contributed by atoms with Gasteiger partial charge in [-0.3, -0.25) is 4.99 Å². The van der Waals surface area contributed by atoms with Crippen molar-refractivity contribution in [3.63, 3.8) is 0 Å². The molecule has 0 saturated carbocycles. The molecule has 0 radical (unpaired) electrons. The molecule has 1 aromatic carbocycles. The zero-order valence-corrected chi connectivity index (χ0v) is 17.8. The van der Waals surface area contributed by atoms with Gasteiger partial charge in [-0.25, -0.2) is 0 Å². The van der Waals surface area contributed by atoms with Gasteiger partial charge < -0.3 is 15.2 Å². The second-order valence-corrected chi connectivity index (χ2v) is 6.11. The summed E-state index contributed by atoms with van der Waals surface area (Å²) in [6.45, 7) is 7.80. The molecule has 0 spiro atoms. The number of halogens is 1. The third kappa shape index (κ3) is 6.68. The first-order valence-electron chi connectivity index (χ1n) is 8.53.